The summed E-state index contributed by atoms with van der Waals surface area (Å²) in [6.45, 7) is 7.64. The third kappa shape index (κ3) is 17.1. The maximum atomic E-state index is 12.5. The van der Waals surface area contributed by atoms with Gasteiger partial charge in [0.25, 0.3) is 0 Å². The Bertz CT molecular complexity index is 1810. The summed E-state index contributed by atoms with van der Waals surface area (Å²) in [7, 11) is 21.7. The van der Waals surface area contributed by atoms with E-state index < -0.39 is 0 Å². The van der Waals surface area contributed by atoms with E-state index >= 15 is 0 Å². The van der Waals surface area contributed by atoms with Crippen molar-refractivity contribution in [3.63, 3.8) is 0 Å². The Morgan fingerprint density at radius 2 is 0.792 bits per heavy atom. The number of carbonyl (C=O) groups is 4. The van der Waals surface area contributed by atoms with Gasteiger partial charge in [-0.2, -0.15) is 0 Å². The molecule has 5 aliphatic rings. The Morgan fingerprint density at radius 1 is 0.491 bits per heavy atom. The summed E-state index contributed by atoms with van der Waals surface area (Å²) in [5, 5.41) is 0. The quantitative estimate of drug-likeness (QED) is 0.268. The summed E-state index contributed by atoms with van der Waals surface area (Å²) < 4.78 is 0. The van der Waals surface area contributed by atoms with Crippen molar-refractivity contribution in [3.8, 4) is 0 Å². The molecular weight excluding hydrogens is 953 g/mol. The van der Waals surface area contributed by atoms with Crippen LogP contribution in [0.25, 0.3) is 0 Å². The molecule has 0 aromatic heterocycles. The molecule has 0 saturated heterocycles. The van der Waals surface area contributed by atoms with Gasteiger partial charge in [0.05, 0.1) is 0 Å². The Morgan fingerprint density at radius 3 is 1.11 bits per heavy atom. The van der Waals surface area contributed by atoms with Crippen molar-refractivity contribution in [1.82, 2.24) is 0 Å². The highest BCUT2D eigenvalue weighted by atomic mass is 33.5. The zero-order chi connectivity index (χ0) is 38.3. The molecule has 4 fully saturated rings. The van der Waals surface area contributed by atoms with Gasteiger partial charge in [0.2, 0.25) is 0 Å². The molecule has 5 rings (SSSR count). The van der Waals surface area contributed by atoms with Gasteiger partial charge in [0.1, 0.15) is 23.1 Å². The van der Waals surface area contributed by atoms with Gasteiger partial charge in [0.15, 0.2) is 0 Å². The summed E-state index contributed by atoms with van der Waals surface area (Å²) in [6, 6.07) is 0. The van der Waals surface area contributed by atoms with Crippen LogP contribution in [0.3, 0.4) is 0 Å². The number of carbonyl (C=O) groups excluding carboxylic acids is 4. The van der Waals surface area contributed by atoms with Crippen molar-refractivity contribution in [2.45, 2.75) is 103 Å². The fraction of sp³-hybridized carbons (Fsp3) is 0.706. The van der Waals surface area contributed by atoms with Crippen LogP contribution in [0, 0.1) is 47.3 Å². The third-order valence-corrected chi connectivity index (χ3v) is 37.3. The summed E-state index contributed by atoms with van der Waals surface area (Å²) in [5.41, 5.74) is 0. The fourth-order valence-corrected chi connectivity index (χ4v) is 38.9. The van der Waals surface area contributed by atoms with E-state index in [1.54, 1.807) is 97.7 Å². The maximum Gasteiger partial charge on any atom is 0.136 e. The molecule has 0 unspecified atom stereocenters. The molecule has 53 heavy (non-hydrogen) atoms. The van der Waals surface area contributed by atoms with E-state index in [0.717, 1.165) is 77.0 Å². The average Bonchev–Trinajstić information content (AvgIpc) is 3.13. The van der Waals surface area contributed by atoms with Gasteiger partial charge >= 0.3 is 0 Å². The van der Waals surface area contributed by atoms with Crippen LogP contribution in [-0.4, -0.2) is 23.1 Å². The van der Waals surface area contributed by atoms with Crippen molar-refractivity contribution in [2.75, 3.05) is 0 Å². The largest absolute Gasteiger partial charge is 0.299 e. The number of fused-ring (bicyclic) bond motifs is 3. The molecule has 0 amide bonds. The van der Waals surface area contributed by atoms with E-state index in [0.29, 0.717) is 72.5 Å². The Balaban J connectivity index is 0.000000217. The minimum absolute atomic E-state index is 0.0560. The predicted octanol–water partition coefficient (Wildman–Crippen LogP) is 7.38. The van der Waals surface area contributed by atoms with Crippen molar-refractivity contribution < 1.29 is 19.2 Å². The molecule has 0 bridgehead atoms. The topological polar surface area (TPSA) is 68.3 Å². The van der Waals surface area contributed by atoms with E-state index in [2.05, 4.69) is 25.3 Å². The van der Waals surface area contributed by atoms with Crippen LogP contribution in [0.4, 0.5) is 0 Å². The normalized spacial score (nSPS) is 29.6. The Labute approximate surface area is 363 Å². The van der Waals surface area contributed by atoms with Crippen molar-refractivity contribution >= 4 is 161 Å². The molecule has 0 radical (unpaired) electrons. The highest BCUT2D eigenvalue weighted by Crippen LogP contribution is 2.45. The van der Waals surface area contributed by atoms with E-state index in [1.807, 2.05) is 12.2 Å². The maximum absolute atomic E-state index is 12.5. The van der Waals surface area contributed by atoms with Crippen molar-refractivity contribution in [3.05, 3.63) is 37.5 Å². The second-order valence-corrected chi connectivity index (χ2v) is 36.5. The number of hydrogen-bond acceptors (Lipinski definition) is 6. The van der Waals surface area contributed by atoms with E-state index in [-0.39, 0.29) is 23.7 Å². The second-order valence-electron chi connectivity index (χ2n) is 13.5. The Hall–Kier alpha value is 1.20. The number of allylic oxidation sites excluding steroid dienone is 4. The van der Waals surface area contributed by atoms with Crippen molar-refractivity contribution in [1.29, 1.82) is 0 Å². The minimum atomic E-state index is -0.0560. The van der Waals surface area contributed by atoms with E-state index in [9.17, 15) is 19.2 Å². The molecule has 4 nitrogen and oxygen atoms in total. The highest BCUT2D eigenvalue weighted by molar-refractivity contribution is 8.76. The zero-order valence-electron chi connectivity index (χ0n) is 29.4. The SMILES string of the molecule is C=CC[C@@H]1CCCC(=O)[C@H]1[C@@H]1C(=O)CCC[C@H]1CC=C.O=C1CCC[C@H]2C/C=C\C[C@@H]3CCCC(=O)[C@H]3[C@H]12.S=S=S=S=S=S=S=S=S=S=S=S=S=S=S. The van der Waals surface area contributed by atoms with Gasteiger partial charge in [-0.15, -0.1) is 13.2 Å². The molecule has 298 valence electrons. The lowest BCUT2D eigenvalue weighted by atomic mass is 9.61. The first-order valence-corrected chi connectivity index (χ1v) is 36.4. The molecule has 0 aromatic rings. The van der Waals surface area contributed by atoms with Gasteiger partial charge in [-0.25, -0.2) is 0 Å². The van der Waals surface area contributed by atoms with Crippen LogP contribution >= 0.6 is 0 Å². The van der Waals surface area contributed by atoms with Gasteiger partial charge in [-0.1, -0.05) is 24.3 Å². The lowest BCUT2D eigenvalue weighted by Crippen LogP contribution is -2.44. The van der Waals surface area contributed by atoms with Gasteiger partial charge in [0, 0.05) is 187 Å². The Kier molecular flexibility index (Phi) is 27.0. The van der Waals surface area contributed by atoms with Crippen LogP contribution in [0.1, 0.15) is 103 Å². The van der Waals surface area contributed by atoms with Gasteiger partial charge in [-0.05, 0) is 101 Å². The van der Waals surface area contributed by atoms with Crippen LogP contribution in [0.5, 0.6) is 0 Å². The first kappa shape index (κ1) is 48.6. The highest BCUT2D eigenvalue weighted by Gasteiger charge is 2.46. The lowest BCUT2D eigenvalue weighted by Gasteiger charge is -2.41. The second kappa shape index (κ2) is 29.4. The molecule has 8 atom stereocenters. The molecule has 0 heterocycles. The van der Waals surface area contributed by atoms with Gasteiger partial charge in [-0.3, -0.25) is 19.2 Å². The molecule has 0 aromatic carbocycles. The minimum Gasteiger partial charge on any atom is -0.299 e. The molecule has 4 saturated carbocycles. The molecule has 5 aliphatic carbocycles. The smallest absolute Gasteiger partial charge is 0.136 e. The van der Waals surface area contributed by atoms with Crippen LogP contribution < -0.4 is 0 Å². The number of rotatable bonds is 5. The summed E-state index contributed by atoms with van der Waals surface area (Å²) >= 11 is 9.45. The summed E-state index contributed by atoms with van der Waals surface area (Å²) in [6.07, 6.45) is 23.2. The van der Waals surface area contributed by atoms with Gasteiger partial charge < -0.3 is 0 Å². The molecule has 19 heteroatoms. The number of ketones is 4. The zero-order valence-corrected chi connectivity index (χ0v) is 41.7. The third-order valence-electron chi connectivity index (χ3n) is 10.6. The number of Topliss-reactive ketones (excluding diaryl/α,β-unsaturated/α-hetero) is 4. The standard InChI is InChI=1S/C18H26O2.C16H22O2.S15/c1-3-7-13-9-5-11-15(19)17(13)18-14(8-4-2)10-6-12-16(18)20;17-13-9-3-7-11-5-1-2-6-12-8-4-10-14(18)16(12)15(11)13;1-3-5-7-9-11-13-15-14-12-10-8-6-4-2/h3-4,13-14,17-18H,1-2,5-12H2;1-2,11-12,15-16H,3-10H2;/b;2-1-;/t13-,14-,17+,18+;11-,12-,15+,16+;/m11./s1. The average molecular weight is 1000 g/mol. The molecule has 0 N–H and O–H groups in total. The summed E-state index contributed by atoms with van der Waals surface area (Å²) in [5.74, 6) is 2.94. The molecule has 0 aliphatic heterocycles. The summed E-state index contributed by atoms with van der Waals surface area (Å²) in [4.78, 5) is 49.6. The van der Waals surface area contributed by atoms with E-state index in [1.165, 1.54) is 17.8 Å². The van der Waals surface area contributed by atoms with Crippen LogP contribution in [0.2, 0.25) is 0 Å². The monoisotopic (exact) mass is 1000 g/mol. The lowest BCUT2D eigenvalue weighted by molar-refractivity contribution is -0.140. The van der Waals surface area contributed by atoms with Crippen LogP contribution in [-0.2, 0) is 157 Å². The predicted molar refractivity (Wildman–Crippen MR) is 262 cm³/mol. The van der Waals surface area contributed by atoms with Crippen LogP contribution in [0.15, 0.2) is 37.5 Å². The van der Waals surface area contributed by atoms with Crippen molar-refractivity contribution in [2.24, 2.45) is 47.3 Å². The van der Waals surface area contributed by atoms with E-state index in [4.69, 9.17) is 22.4 Å². The first-order chi connectivity index (χ1) is 25.9. The fourth-order valence-electron chi connectivity index (χ4n) is 8.72. The first-order valence-electron chi connectivity index (χ1n) is 17.8. The molecular formula is C34H48O4S15. The molecule has 0 spiro atoms. The number of hydrogen-bond donors (Lipinski definition) is 0.